The predicted molar refractivity (Wildman–Crippen MR) is 129 cm³/mol. The summed E-state index contributed by atoms with van der Waals surface area (Å²) in [5.74, 6) is 0.685. The van der Waals surface area contributed by atoms with Crippen molar-refractivity contribution < 1.29 is 9.53 Å². The fourth-order valence-corrected chi connectivity index (χ4v) is 4.05. The van der Waals surface area contributed by atoms with Gasteiger partial charge in [-0.2, -0.15) is 0 Å². The number of ether oxygens (including phenoxy) is 1. The molecule has 3 aromatic rings. The van der Waals surface area contributed by atoms with E-state index in [1.807, 2.05) is 56.6 Å². The zero-order valence-electron chi connectivity index (χ0n) is 18.4. The molecule has 3 rings (SSSR count). The van der Waals surface area contributed by atoms with Gasteiger partial charge in [-0.25, -0.2) is 4.98 Å². The molecular formula is C23H30ClN3O2S. The third kappa shape index (κ3) is 5.31. The van der Waals surface area contributed by atoms with Crippen LogP contribution in [-0.2, 0) is 5.41 Å². The van der Waals surface area contributed by atoms with Crippen molar-refractivity contribution in [3.8, 4) is 5.75 Å². The molecule has 162 valence electrons. The first-order valence-electron chi connectivity index (χ1n) is 9.71. The largest absolute Gasteiger partial charge is 0.494 e. The van der Waals surface area contributed by atoms with E-state index < -0.39 is 0 Å². The van der Waals surface area contributed by atoms with Gasteiger partial charge in [-0.1, -0.05) is 50.3 Å². The number of nitrogens with zero attached hydrogens (tertiary/aromatic N) is 3. The van der Waals surface area contributed by atoms with E-state index in [-0.39, 0.29) is 23.7 Å². The molecule has 2 aromatic carbocycles. The highest BCUT2D eigenvalue weighted by molar-refractivity contribution is 7.22. The summed E-state index contributed by atoms with van der Waals surface area (Å²) in [6, 6.07) is 13.8. The third-order valence-corrected chi connectivity index (χ3v) is 5.88. The second-order valence-corrected chi connectivity index (χ2v) is 9.40. The summed E-state index contributed by atoms with van der Waals surface area (Å²) in [4.78, 5) is 22.0. The summed E-state index contributed by atoms with van der Waals surface area (Å²) in [6.07, 6.45) is 0. The van der Waals surface area contributed by atoms with E-state index in [0.29, 0.717) is 17.2 Å². The molecule has 1 aromatic heterocycles. The molecule has 0 N–H and O–H groups in total. The lowest BCUT2D eigenvalue weighted by atomic mass is 9.86. The van der Waals surface area contributed by atoms with Crippen molar-refractivity contribution in [2.24, 2.45) is 0 Å². The first-order valence-corrected chi connectivity index (χ1v) is 10.5. The molecule has 0 atom stereocenters. The summed E-state index contributed by atoms with van der Waals surface area (Å²) in [5.41, 5.74) is 2.72. The summed E-state index contributed by atoms with van der Waals surface area (Å²) >= 11 is 1.51. The fourth-order valence-electron chi connectivity index (χ4n) is 3.04. The van der Waals surface area contributed by atoms with Gasteiger partial charge in [0.25, 0.3) is 5.91 Å². The van der Waals surface area contributed by atoms with Crippen LogP contribution in [0, 0.1) is 0 Å². The Morgan fingerprint density at radius 1 is 1.07 bits per heavy atom. The summed E-state index contributed by atoms with van der Waals surface area (Å²) < 4.78 is 6.45. The third-order valence-electron chi connectivity index (χ3n) is 4.84. The number of likely N-dealkylation sites (N-methyl/N-ethyl adjacent to an activating group) is 1. The highest BCUT2D eigenvalue weighted by Gasteiger charge is 2.23. The van der Waals surface area contributed by atoms with E-state index in [1.54, 1.807) is 12.0 Å². The van der Waals surface area contributed by atoms with Crippen molar-refractivity contribution >= 4 is 45.0 Å². The average Bonchev–Trinajstić information content (AvgIpc) is 3.11. The smallest absolute Gasteiger partial charge is 0.260 e. The fraction of sp³-hybridized carbons (Fsp3) is 0.391. The number of rotatable bonds is 6. The molecule has 0 radical (unpaired) electrons. The van der Waals surface area contributed by atoms with Gasteiger partial charge in [-0.3, -0.25) is 9.69 Å². The van der Waals surface area contributed by atoms with Crippen LogP contribution in [0.4, 0.5) is 5.13 Å². The molecule has 0 aliphatic carbocycles. The lowest BCUT2D eigenvalue weighted by Crippen LogP contribution is -2.36. The lowest BCUT2D eigenvalue weighted by molar-refractivity contribution is 0.0985. The minimum Gasteiger partial charge on any atom is -0.494 e. The predicted octanol–water partition coefficient (Wildman–Crippen LogP) is 5.23. The molecular weight excluding hydrogens is 418 g/mol. The molecule has 7 heteroatoms. The van der Waals surface area contributed by atoms with Crippen LogP contribution in [0.15, 0.2) is 42.5 Å². The van der Waals surface area contributed by atoms with E-state index in [9.17, 15) is 4.79 Å². The van der Waals surface area contributed by atoms with Crippen molar-refractivity contribution in [2.45, 2.75) is 26.2 Å². The number of halogens is 1. The number of para-hydroxylation sites is 1. The first kappa shape index (κ1) is 24.1. The van der Waals surface area contributed by atoms with Gasteiger partial charge in [0.1, 0.15) is 11.3 Å². The topological polar surface area (TPSA) is 45.7 Å². The summed E-state index contributed by atoms with van der Waals surface area (Å²) in [5, 5.41) is 0.691. The van der Waals surface area contributed by atoms with Gasteiger partial charge >= 0.3 is 0 Å². The van der Waals surface area contributed by atoms with Crippen LogP contribution in [0.1, 0.15) is 36.7 Å². The standard InChI is InChI=1S/C23H29N3O2S.ClH/c1-23(2,3)17-12-10-16(11-13-17)21(27)26(15-14-25(4)5)22-24-20-18(28-6)8-7-9-19(20)29-22;/h7-13H,14-15H2,1-6H3;1H. The van der Waals surface area contributed by atoms with Crippen LogP contribution >= 0.6 is 23.7 Å². The number of thiazole rings is 1. The number of hydrogen-bond acceptors (Lipinski definition) is 5. The highest BCUT2D eigenvalue weighted by atomic mass is 35.5. The van der Waals surface area contributed by atoms with E-state index >= 15 is 0 Å². The number of benzene rings is 2. The van der Waals surface area contributed by atoms with Gasteiger partial charge < -0.3 is 9.64 Å². The number of aromatic nitrogens is 1. The van der Waals surface area contributed by atoms with E-state index in [0.717, 1.165) is 22.5 Å². The molecule has 0 spiro atoms. The highest BCUT2D eigenvalue weighted by Crippen LogP contribution is 2.34. The maximum Gasteiger partial charge on any atom is 0.260 e. The van der Waals surface area contributed by atoms with E-state index in [2.05, 4.69) is 25.7 Å². The van der Waals surface area contributed by atoms with Gasteiger partial charge in [0.15, 0.2) is 5.13 Å². The zero-order valence-corrected chi connectivity index (χ0v) is 20.1. The van der Waals surface area contributed by atoms with Gasteiger partial charge in [-0.05, 0) is 49.3 Å². The summed E-state index contributed by atoms with van der Waals surface area (Å²) in [7, 11) is 5.64. The molecule has 0 unspecified atom stereocenters. The Morgan fingerprint density at radius 3 is 2.30 bits per heavy atom. The zero-order chi connectivity index (χ0) is 21.2. The van der Waals surface area contributed by atoms with Crippen molar-refractivity contribution in [2.75, 3.05) is 39.2 Å². The van der Waals surface area contributed by atoms with E-state index in [1.165, 1.54) is 16.9 Å². The Balaban J connectivity index is 0.00000320. The molecule has 0 saturated heterocycles. The number of carbonyl (C=O) groups is 1. The minimum absolute atomic E-state index is 0. The van der Waals surface area contributed by atoms with Gasteiger partial charge in [0.2, 0.25) is 0 Å². The molecule has 0 aliphatic rings. The quantitative estimate of drug-likeness (QED) is 0.518. The van der Waals surface area contributed by atoms with Gasteiger partial charge in [0, 0.05) is 18.7 Å². The molecule has 0 fully saturated rings. The van der Waals surface area contributed by atoms with E-state index in [4.69, 9.17) is 9.72 Å². The Kier molecular flexibility index (Phi) is 7.86. The minimum atomic E-state index is -0.0367. The maximum absolute atomic E-state index is 13.4. The van der Waals surface area contributed by atoms with Crippen molar-refractivity contribution in [1.82, 2.24) is 9.88 Å². The summed E-state index contributed by atoms with van der Waals surface area (Å²) in [6.45, 7) is 7.82. The molecule has 1 heterocycles. The van der Waals surface area contributed by atoms with Crippen LogP contribution in [0.2, 0.25) is 0 Å². The molecule has 0 saturated carbocycles. The number of fused-ring (bicyclic) bond motifs is 1. The number of hydrogen-bond donors (Lipinski definition) is 0. The van der Waals surface area contributed by atoms with Crippen LogP contribution < -0.4 is 9.64 Å². The van der Waals surface area contributed by atoms with Crippen LogP contribution in [-0.4, -0.2) is 50.1 Å². The lowest BCUT2D eigenvalue weighted by Gasteiger charge is -2.23. The maximum atomic E-state index is 13.4. The number of anilines is 1. The SMILES string of the molecule is COc1cccc2sc(N(CCN(C)C)C(=O)c3ccc(C(C)(C)C)cc3)nc12.Cl. The van der Waals surface area contributed by atoms with Crippen molar-refractivity contribution in [3.63, 3.8) is 0 Å². The Labute approximate surface area is 189 Å². The Morgan fingerprint density at radius 2 is 1.73 bits per heavy atom. The Hall–Kier alpha value is -2.15. The normalized spacial score (nSPS) is 11.4. The molecule has 1 amide bonds. The van der Waals surface area contributed by atoms with Crippen molar-refractivity contribution in [1.29, 1.82) is 0 Å². The Bertz CT molecular complexity index is 994. The molecule has 30 heavy (non-hydrogen) atoms. The van der Waals surface area contributed by atoms with Crippen LogP contribution in [0.3, 0.4) is 0 Å². The van der Waals surface area contributed by atoms with Crippen LogP contribution in [0.5, 0.6) is 5.75 Å². The monoisotopic (exact) mass is 447 g/mol. The number of methoxy groups -OCH3 is 1. The van der Waals surface area contributed by atoms with Gasteiger partial charge in [-0.15, -0.1) is 12.4 Å². The van der Waals surface area contributed by atoms with Crippen LogP contribution in [0.25, 0.3) is 10.2 Å². The molecule has 5 nitrogen and oxygen atoms in total. The number of carbonyl (C=O) groups excluding carboxylic acids is 1. The number of amides is 1. The average molecular weight is 448 g/mol. The second kappa shape index (κ2) is 9.77. The molecule has 0 aliphatic heterocycles. The second-order valence-electron chi connectivity index (χ2n) is 8.39. The van der Waals surface area contributed by atoms with Gasteiger partial charge in [0.05, 0.1) is 11.8 Å². The molecule has 0 bridgehead atoms. The first-order chi connectivity index (χ1) is 13.7. The van der Waals surface area contributed by atoms with Crippen molar-refractivity contribution in [3.05, 3.63) is 53.6 Å².